The number of aryl methyl sites for hydroxylation is 1. The van der Waals surface area contributed by atoms with Crippen molar-refractivity contribution in [3.8, 4) is 23.0 Å². The molecule has 5 aromatic heterocycles. The molecule has 0 amide bonds. The lowest BCUT2D eigenvalue weighted by atomic mass is 10.1. The predicted octanol–water partition coefficient (Wildman–Crippen LogP) is 3.35. The molecule has 6 heterocycles. The minimum atomic E-state index is -1.07. The van der Waals surface area contributed by atoms with Gasteiger partial charge < -0.3 is 24.7 Å². The van der Waals surface area contributed by atoms with Gasteiger partial charge in [0.2, 0.25) is 17.7 Å². The number of halogens is 1. The molecule has 0 saturated carbocycles. The Hall–Kier alpha value is -5.37. The molecule has 3 N–H and O–H groups in total. The van der Waals surface area contributed by atoms with Crippen LogP contribution in [0.25, 0.3) is 39.7 Å². The second-order valence-corrected chi connectivity index (χ2v) is 10.3. The van der Waals surface area contributed by atoms with Crippen LogP contribution >= 0.6 is 0 Å². The molecule has 1 fully saturated rings. The zero-order chi connectivity index (χ0) is 29.7. The summed E-state index contributed by atoms with van der Waals surface area (Å²) in [5.74, 6) is -0.475. The Morgan fingerprint density at radius 2 is 1.88 bits per heavy atom. The van der Waals surface area contributed by atoms with Crippen LogP contribution < -0.4 is 10.6 Å². The van der Waals surface area contributed by atoms with Crippen molar-refractivity contribution < 1.29 is 18.7 Å². The van der Waals surface area contributed by atoms with Crippen molar-refractivity contribution in [1.82, 2.24) is 39.0 Å². The number of anilines is 2. The normalized spacial score (nSPS) is 14.2. The number of fused-ring (bicyclic) bond motifs is 3. The quantitative estimate of drug-likeness (QED) is 0.284. The van der Waals surface area contributed by atoms with E-state index >= 15 is 0 Å². The maximum Gasteiger partial charge on any atom is 0.352 e. The van der Waals surface area contributed by atoms with Crippen molar-refractivity contribution >= 4 is 34.3 Å². The topological polar surface area (TPSA) is 157 Å². The fourth-order valence-corrected chi connectivity index (χ4v) is 5.71. The third kappa shape index (κ3) is 4.61. The van der Waals surface area contributed by atoms with Gasteiger partial charge in [-0.1, -0.05) is 6.07 Å². The zero-order valence-corrected chi connectivity index (χ0v) is 23.2. The molecular formula is C29H27FN10O3. The van der Waals surface area contributed by atoms with Crippen LogP contribution in [0.2, 0.25) is 0 Å². The number of nitrogens with zero attached hydrogens (tertiary/aromatic N) is 9. The van der Waals surface area contributed by atoms with Gasteiger partial charge in [-0.15, -0.1) is 5.10 Å². The van der Waals surface area contributed by atoms with Crippen LogP contribution in [0.3, 0.4) is 0 Å². The number of carboxylic acids is 1. The molecule has 0 radical (unpaired) electrons. The summed E-state index contributed by atoms with van der Waals surface area (Å²) >= 11 is 0. The standard InChI is InChI=1S/C29H27FN10O3/c1-17-22-25(35-29(31)40-26(22)34-24(36-40)20-4-2-3-7-32-20)39(23(17)28(41)42)14-11-37-9-12-38(13-10-37)21-16-18(5-6-19(21)30)27-33-8-15-43-27/h2-8,15-16H,9-14H2,1H3,(H2,31,35)(H,41,42). The molecular weight excluding hydrogens is 555 g/mol. The molecule has 1 aliphatic rings. The first-order chi connectivity index (χ1) is 20.9. The van der Waals surface area contributed by atoms with E-state index in [1.54, 1.807) is 48.1 Å². The second-order valence-electron chi connectivity index (χ2n) is 10.3. The van der Waals surface area contributed by atoms with E-state index in [1.807, 2.05) is 11.0 Å². The third-order valence-electron chi connectivity index (χ3n) is 7.82. The Morgan fingerprint density at radius 3 is 2.60 bits per heavy atom. The van der Waals surface area contributed by atoms with Crippen LogP contribution in [0, 0.1) is 12.7 Å². The Balaban J connectivity index is 1.14. The number of carbonyl (C=O) groups is 1. The van der Waals surface area contributed by atoms with Crippen LogP contribution in [0.4, 0.5) is 16.0 Å². The number of oxazole rings is 1. The lowest BCUT2D eigenvalue weighted by Crippen LogP contribution is -2.47. The van der Waals surface area contributed by atoms with Crippen molar-refractivity contribution in [2.24, 2.45) is 0 Å². The summed E-state index contributed by atoms with van der Waals surface area (Å²) in [6.07, 6.45) is 4.69. The Labute approximate surface area is 244 Å². The van der Waals surface area contributed by atoms with E-state index in [-0.39, 0.29) is 17.5 Å². The predicted molar refractivity (Wildman–Crippen MR) is 156 cm³/mol. The first-order valence-corrected chi connectivity index (χ1v) is 13.8. The highest BCUT2D eigenvalue weighted by molar-refractivity contribution is 6.02. The van der Waals surface area contributed by atoms with E-state index in [0.29, 0.717) is 90.2 Å². The molecule has 14 heteroatoms. The minimum Gasteiger partial charge on any atom is -0.477 e. The number of hydrogen-bond acceptors (Lipinski definition) is 10. The van der Waals surface area contributed by atoms with Crippen LogP contribution in [0.1, 0.15) is 16.1 Å². The highest BCUT2D eigenvalue weighted by Crippen LogP contribution is 2.31. The van der Waals surface area contributed by atoms with E-state index in [1.165, 1.54) is 16.8 Å². The van der Waals surface area contributed by atoms with Crippen molar-refractivity contribution in [3.05, 3.63) is 72.1 Å². The molecule has 0 unspecified atom stereocenters. The van der Waals surface area contributed by atoms with Crippen LogP contribution in [-0.4, -0.2) is 82.8 Å². The first kappa shape index (κ1) is 26.5. The SMILES string of the molecule is Cc1c(C(=O)O)n(CCN2CCN(c3cc(-c4ncco4)ccc3F)CC2)c2nc(N)n3nc(-c4ccccn4)nc3c12. The average molecular weight is 583 g/mol. The van der Waals surface area contributed by atoms with Crippen LogP contribution in [-0.2, 0) is 6.54 Å². The monoisotopic (exact) mass is 582 g/mol. The van der Waals surface area contributed by atoms with Crippen LogP contribution in [0.15, 0.2) is 59.5 Å². The lowest BCUT2D eigenvalue weighted by Gasteiger charge is -2.36. The van der Waals surface area contributed by atoms with E-state index < -0.39 is 5.97 Å². The molecule has 1 saturated heterocycles. The van der Waals surface area contributed by atoms with Crippen molar-refractivity contribution in [3.63, 3.8) is 0 Å². The summed E-state index contributed by atoms with van der Waals surface area (Å²) in [6, 6.07) is 10.3. The van der Waals surface area contributed by atoms with Gasteiger partial charge in [-0.2, -0.15) is 9.50 Å². The molecule has 6 aromatic rings. The largest absolute Gasteiger partial charge is 0.477 e. The third-order valence-corrected chi connectivity index (χ3v) is 7.82. The molecule has 13 nitrogen and oxygen atoms in total. The van der Waals surface area contributed by atoms with Gasteiger partial charge in [0, 0.05) is 51.0 Å². The highest BCUT2D eigenvalue weighted by atomic mass is 19.1. The molecule has 0 bridgehead atoms. The maximum absolute atomic E-state index is 14.8. The number of nitrogens with two attached hydrogens (primary N) is 1. The summed E-state index contributed by atoms with van der Waals surface area (Å²) in [5, 5.41) is 15.2. The molecule has 0 atom stereocenters. The fraction of sp³-hybridized carbons (Fsp3) is 0.241. The van der Waals surface area contributed by atoms with E-state index in [2.05, 4.69) is 29.9 Å². The summed E-state index contributed by atoms with van der Waals surface area (Å²) < 4.78 is 23.3. The molecule has 218 valence electrons. The van der Waals surface area contributed by atoms with Gasteiger partial charge >= 0.3 is 5.97 Å². The van der Waals surface area contributed by atoms with E-state index in [4.69, 9.17) is 10.2 Å². The Morgan fingerprint density at radius 1 is 1.05 bits per heavy atom. The maximum atomic E-state index is 14.8. The Bertz CT molecular complexity index is 1960. The van der Waals surface area contributed by atoms with Crippen molar-refractivity contribution in [2.45, 2.75) is 13.5 Å². The summed E-state index contributed by atoms with van der Waals surface area (Å²) in [5.41, 5.74) is 9.58. The van der Waals surface area contributed by atoms with Crippen LogP contribution in [0.5, 0.6) is 0 Å². The highest BCUT2D eigenvalue weighted by Gasteiger charge is 2.27. The first-order valence-electron chi connectivity index (χ1n) is 13.8. The molecule has 0 aliphatic carbocycles. The van der Waals surface area contributed by atoms with E-state index in [9.17, 15) is 14.3 Å². The van der Waals surface area contributed by atoms with Gasteiger partial charge in [-0.25, -0.2) is 19.2 Å². The Kier molecular flexibility index (Phi) is 6.46. The number of aromatic carboxylic acids is 1. The molecule has 0 spiro atoms. The molecule has 43 heavy (non-hydrogen) atoms. The zero-order valence-electron chi connectivity index (χ0n) is 23.2. The fourth-order valence-electron chi connectivity index (χ4n) is 5.71. The summed E-state index contributed by atoms with van der Waals surface area (Å²) in [7, 11) is 0. The number of piperazine rings is 1. The second kappa shape index (κ2) is 10.5. The summed E-state index contributed by atoms with van der Waals surface area (Å²) in [4.78, 5) is 34.4. The number of aromatic nitrogens is 7. The van der Waals surface area contributed by atoms with Gasteiger partial charge in [0.15, 0.2) is 5.65 Å². The van der Waals surface area contributed by atoms with E-state index in [0.717, 1.165) is 0 Å². The number of hydrogen-bond donors (Lipinski definition) is 2. The van der Waals surface area contributed by atoms with Crippen molar-refractivity contribution in [1.29, 1.82) is 0 Å². The number of nitrogen functional groups attached to an aromatic ring is 1. The van der Waals surface area contributed by atoms with Crippen molar-refractivity contribution in [2.75, 3.05) is 43.4 Å². The van der Waals surface area contributed by atoms with Gasteiger partial charge in [-0.3, -0.25) is 9.88 Å². The number of pyridine rings is 1. The minimum absolute atomic E-state index is 0.0930. The van der Waals surface area contributed by atoms with Gasteiger partial charge in [-0.05, 0) is 42.8 Å². The lowest BCUT2D eigenvalue weighted by molar-refractivity contribution is 0.0683. The van der Waals surface area contributed by atoms with Gasteiger partial charge in [0.25, 0.3) is 0 Å². The number of rotatable bonds is 7. The molecule has 7 rings (SSSR count). The molecule has 1 aromatic carbocycles. The molecule has 1 aliphatic heterocycles. The average Bonchev–Trinajstić information content (AvgIpc) is 3.76. The number of carboxylic acid groups (broad SMARTS) is 1. The summed E-state index contributed by atoms with van der Waals surface area (Å²) in [6.45, 7) is 5.21. The van der Waals surface area contributed by atoms with Gasteiger partial charge in [0.1, 0.15) is 29.1 Å². The van der Waals surface area contributed by atoms with Gasteiger partial charge in [0.05, 0.1) is 17.3 Å². The smallest absolute Gasteiger partial charge is 0.352 e. The number of benzene rings is 1.